The zero-order valence-electron chi connectivity index (χ0n) is 8.01. The Bertz CT molecular complexity index is 511. The molecule has 0 spiro atoms. The van der Waals surface area contributed by atoms with Gasteiger partial charge in [-0.05, 0) is 0 Å². The third-order valence-electron chi connectivity index (χ3n) is 2.09. The van der Waals surface area contributed by atoms with Gasteiger partial charge in [-0.3, -0.25) is 14.8 Å². The number of aromatic nitrogens is 1. The topological polar surface area (TPSA) is 59.0 Å². The van der Waals surface area contributed by atoms with Gasteiger partial charge in [-0.1, -0.05) is 30.3 Å². The number of benzene rings is 1. The van der Waals surface area contributed by atoms with E-state index in [1.807, 2.05) is 18.2 Å². The first-order chi connectivity index (χ1) is 7.27. The van der Waals surface area contributed by atoms with Gasteiger partial charge in [0.15, 0.2) is 5.78 Å². The van der Waals surface area contributed by atoms with Crippen molar-refractivity contribution in [2.45, 2.75) is 6.54 Å². The molecule has 15 heavy (non-hydrogen) atoms. The number of carbonyl (C=O) groups is 1. The number of ketones is 1. The third kappa shape index (κ3) is 2.04. The second-order valence-corrected chi connectivity index (χ2v) is 3.13. The number of nitrogens with zero attached hydrogens (tertiary/aromatic N) is 1. The van der Waals surface area contributed by atoms with E-state index in [9.17, 15) is 4.79 Å². The summed E-state index contributed by atoms with van der Waals surface area (Å²) in [6, 6.07) is 9.00. The Kier molecular flexibility index (Phi) is 2.49. The van der Waals surface area contributed by atoms with Crippen molar-refractivity contribution < 1.29 is 9.21 Å². The van der Waals surface area contributed by atoms with Gasteiger partial charge >= 0.3 is 0 Å². The van der Waals surface area contributed by atoms with E-state index in [1.165, 1.54) is 10.8 Å². The van der Waals surface area contributed by atoms with Gasteiger partial charge in [0.05, 0.1) is 6.54 Å². The predicted octanol–water partition coefficient (Wildman–Crippen LogP) is 1.44. The van der Waals surface area contributed by atoms with Gasteiger partial charge < -0.3 is 4.42 Å². The van der Waals surface area contributed by atoms with E-state index in [-0.39, 0.29) is 18.0 Å². The molecular formula is C11H10N2O2. The highest BCUT2D eigenvalue weighted by Crippen LogP contribution is 2.01. The summed E-state index contributed by atoms with van der Waals surface area (Å²) in [5, 5.41) is 7.35. The van der Waals surface area contributed by atoms with Crippen molar-refractivity contribution in [2.24, 2.45) is 0 Å². The van der Waals surface area contributed by atoms with Crippen LogP contribution in [0.25, 0.3) is 0 Å². The Morgan fingerprint density at radius 1 is 1.33 bits per heavy atom. The summed E-state index contributed by atoms with van der Waals surface area (Å²) < 4.78 is 6.23. The lowest BCUT2D eigenvalue weighted by atomic mass is 10.1. The normalized spacial score (nSPS) is 10.1. The molecule has 2 rings (SSSR count). The maximum Gasteiger partial charge on any atom is 0.294 e. The monoisotopic (exact) mass is 202 g/mol. The predicted molar refractivity (Wildman–Crippen MR) is 53.3 cm³/mol. The quantitative estimate of drug-likeness (QED) is 0.765. The van der Waals surface area contributed by atoms with E-state index in [1.54, 1.807) is 18.3 Å². The highest BCUT2D eigenvalue weighted by molar-refractivity contribution is 5.95. The number of rotatable bonds is 3. The van der Waals surface area contributed by atoms with Crippen LogP contribution in [0.5, 0.6) is 0 Å². The number of carbonyl (C=O) groups excluding carboxylic acids is 1. The second kappa shape index (κ2) is 3.96. The van der Waals surface area contributed by atoms with Crippen LogP contribution >= 0.6 is 0 Å². The Labute approximate surface area is 86.3 Å². The fourth-order valence-electron chi connectivity index (χ4n) is 1.30. The van der Waals surface area contributed by atoms with E-state index in [0.29, 0.717) is 5.56 Å². The number of nitrogens with one attached hydrogen (secondary N) is 1. The van der Waals surface area contributed by atoms with E-state index in [4.69, 9.17) is 9.83 Å². The average Bonchev–Trinajstić information content (AvgIpc) is 2.66. The Balaban J connectivity index is 2.18. The molecule has 76 valence electrons. The minimum Gasteiger partial charge on any atom is -0.432 e. The molecule has 0 bridgehead atoms. The van der Waals surface area contributed by atoms with Crippen molar-refractivity contribution in [3.63, 3.8) is 0 Å². The SMILES string of the molecule is N=c1occn1CC(=O)c1ccccc1. The van der Waals surface area contributed by atoms with E-state index >= 15 is 0 Å². The standard InChI is InChI=1S/C11H10N2O2/c12-11-13(6-7-15-11)8-10(14)9-4-2-1-3-5-9/h1-7,12H,8H2. The van der Waals surface area contributed by atoms with Gasteiger partial charge in [0.25, 0.3) is 5.68 Å². The van der Waals surface area contributed by atoms with Crippen molar-refractivity contribution in [1.29, 1.82) is 5.41 Å². The van der Waals surface area contributed by atoms with Crippen LogP contribution in [0.1, 0.15) is 10.4 Å². The van der Waals surface area contributed by atoms with Gasteiger partial charge in [0.2, 0.25) is 0 Å². The molecule has 0 fully saturated rings. The molecular weight excluding hydrogens is 192 g/mol. The second-order valence-electron chi connectivity index (χ2n) is 3.13. The summed E-state index contributed by atoms with van der Waals surface area (Å²) in [7, 11) is 0. The van der Waals surface area contributed by atoms with Crippen LogP contribution in [-0.2, 0) is 6.54 Å². The smallest absolute Gasteiger partial charge is 0.294 e. The van der Waals surface area contributed by atoms with E-state index in [0.717, 1.165) is 0 Å². The molecule has 2 aromatic rings. The van der Waals surface area contributed by atoms with Crippen LogP contribution in [-0.4, -0.2) is 10.4 Å². The maximum absolute atomic E-state index is 11.7. The molecule has 0 aliphatic carbocycles. The van der Waals surface area contributed by atoms with Gasteiger partial charge in [0.1, 0.15) is 6.26 Å². The lowest BCUT2D eigenvalue weighted by Crippen LogP contribution is -2.19. The maximum atomic E-state index is 11.7. The minimum atomic E-state index is -0.0319. The Hall–Kier alpha value is -2.10. The molecule has 1 aromatic carbocycles. The molecule has 1 N–H and O–H groups in total. The summed E-state index contributed by atoms with van der Waals surface area (Å²) >= 11 is 0. The molecule has 1 aromatic heterocycles. The van der Waals surface area contributed by atoms with Crippen molar-refractivity contribution in [3.8, 4) is 0 Å². The van der Waals surface area contributed by atoms with Crippen LogP contribution in [0.2, 0.25) is 0 Å². The fraction of sp³-hybridized carbons (Fsp3) is 0.0909. The molecule has 0 amide bonds. The molecule has 0 aliphatic heterocycles. The summed E-state index contributed by atoms with van der Waals surface area (Å²) in [6.07, 6.45) is 2.96. The van der Waals surface area contributed by atoms with Crippen LogP contribution in [0, 0.1) is 5.41 Å². The summed E-state index contributed by atoms with van der Waals surface area (Å²) in [5.74, 6) is -0.0319. The van der Waals surface area contributed by atoms with Gasteiger partial charge in [-0.2, -0.15) is 0 Å². The Morgan fingerprint density at radius 3 is 2.67 bits per heavy atom. The van der Waals surface area contributed by atoms with Crippen LogP contribution in [0.3, 0.4) is 0 Å². The lowest BCUT2D eigenvalue weighted by molar-refractivity contribution is 0.0968. The summed E-state index contributed by atoms with van der Waals surface area (Å²) in [5.41, 5.74) is 0.630. The van der Waals surface area contributed by atoms with Crippen LogP contribution in [0.15, 0.2) is 47.2 Å². The van der Waals surface area contributed by atoms with Gasteiger partial charge in [-0.25, -0.2) is 0 Å². The molecule has 0 saturated carbocycles. The van der Waals surface area contributed by atoms with E-state index < -0.39 is 0 Å². The first-order valence-corrected chi connectivity index (χ1v) is 4.54. The first kappa shape index (κ1) is 9.45. The Morgan fingerprint density at radius 2 is 2.07 bits per heavy atom. The fourth-order valence-corrected chi connectivity index (χ4v) is 1.30. The van der Waals surface area contributed by atoms with Crippen molar-refractivity contribution in [2.75, 3.05) is 0 Å². The molecule has 1 heterocycles. The highest BCUT2D eigenvalue weighted by Gasteiger charge is 2.06. The summed E-state index contributed by atoms with van der Waals surface area (Å²) in [4.78, 5) is 11.7. The molecule has 0 atom stereocenters. The zero-order chi connectivity index (χ0) is 10.7. The average molecular weight is 202 g/mol. The largest absolute Gasteiger partial charge is 0.432 e. The molecule has 0 aliphatic rings. The molecule has 4 heteroatoms. The number of hydrogen-bond acceptors (Lipinski definition) is 3. The minimum absolute atomic E-state index is 0.0146. The number of Topliss-reactive ketones (excluding diaryl/α,β-unsaturated/α-hetero) is 1. The number of oxazole rings is 1. The highest BCUT2D eigenvalue weighted by atomic mass is 16.3. The molecule has 0 saturated heterocycles. The van der Waals surface area contributed by atoms with Gasteiger partial charge in [-0.15, -0.1) is 0 Å². The molecule has 0 unspecified atom stereocenters. The lowest BCUT2D eigenvalue weighted by Gasteiger charge is -2.00. The van der Waals surface area contributed by atoms with Crippen molar-refractivity contribution in [1.82, 2.24) is 4.57 Å². The number of hydrogen-bond donors (Lipinski definition) is 1. The van der Waals surface area contributed by atoms with Gasteiger partial charge in [0, 0.05) is 11.8 Å². The first-order valence-electron chi connectivity index (χ1n) is 4.54. The zero-order valence-corrected chi connectivity index (χ0v) is 8.01. The molecule has 0 radical (unpaired) electrons. The third-order valence-corrected chi connectivity index (χ3v) is 2.09. The van der Waals surface area contributed by atoms with E-state index in [2.05, 4.69) is 0 Å². The van der Waals surface area contributed by atoms with Crippen molar-refractivity contribution in [3.05, 3.63) is 54.0 Å². The summed E-state index contributed by atoms with van der Waals surface area (Å²) in [6.45, 7) is 0.138. The van der Waals surface area contributed by atoms with Crippen molar-refractivity contribution >= 4 is 5.78 Å². The van der Waals surface area contributed by atoms with Crippen LogP contribution < -0.4 is 5.68 Å². The molecule has 4 nitrogen and oxygen atoms in total. The van der Waals surface area contributed by atoms with Crippen LogP contribution in [0.4, 0.5) is 0 Å².